The maximum atomic E-state index is 12.6. The molecule has 7 heteroatoms. The molecule has 0 radical (unpaired) electrons. The molecule has 3 heterocycles. The second-order valence-electron chi connectivity index (χ2n) is 6.61. The van der Waals surface area contributed by atoms with E-state index < -0.39 is 0 Å². The standard InChI is InChI=1S/C18H19N5O2/c1-10-6-11(2)8-13(7-10)23-12(3)9-22-14-15(19-17(22)23)20(4)18(25)21(5)16(14)24/h6-9H,1-5H3. The number of rotatable bonds is 1. The summed E-state index contributed by atoms with van der Waals surface area (Å²) in [6.07, 6.45) is 1.88. The predicted octanol–water partition coefficient (Wildman–Crippen LogP) is 1.60. The van der Waals surface area contributed by atoms with Gasteiger partial charge < -0.3 is 0 Å². The van der Waals surface area contributed by atoms with E-state index >= 15 is 0 Å². The molecule has 3 aromatic heterocycles. The number of benzene rings is 1. The van der Waals surface area contributed by atoms with Gasteiger partial charge in [0.15, 0.2) is 11.2 Å². The Kier molecular flexibility index (Phi) is 3.06. The Hall–Kier alpha value is -3.09. The largest absolute Gasteiger partial charge is 0.332 e. The lowest BCUT2D eigenvalue weighted by atomic mass is 10.1. The normalized spacial score (nSPS) is 11.7. The van der Waals surface area contributed by atoms with Crippen LogP contribution < -0.4 is 11.2 Å². The fourth-order valence-corrected chi connectivity index (χ4v) is 3.48. The van der Waals surface area contributed by atoms with Gasteiger partial charge >= 0.3 is 5.69 Å². The molecule has 1 aromatic carbocycles. The molecule has 4 aromatic rings. The number of aromatic nitrogens is 5. The summed E-state index contributed by atoms with van der Waals surface area (Å²) in [5.74, 6) is 0.621. The summed E-state index contributed by atoms with van der Waals surface area (Å²) in [5.41, 5.74) is 4.33. The zero-order valence-corrected chi connectivity index (χ0v) is 14.9. The van der Waals surface area contributed by atoms with Crippen LogP contribution in [0.1, 0.15) is 16.8 Å². The van der Waals surface area contributed by atoms with Crippen molar-refractivity contribution < 1.29 is 0 Å². The summed E-state index contributed by atoms with van der Waals surface area (Å²) in [4.78, 5) is 29.4. The summed E-state index contributed by atoms with van der Waals surface area (Å²) < 4.78 is 6.29. The molecule has 0 bridgehead atoms. The summed E-state index contributed by atoms with van der Waals surface area (Å²) in [6, 6.07) is 6.27. The van der Waals surface area contributed by atoms with E-state index in [0.717, 1.165) is 27.1 Å². The molecule has 25 heavy (non-hydrogen) atoms. The molecule has 0 aliphatic carbocycles. The zero-order valence-electron chi connectivity index (χ0n) is 14.9. The SMILES string of the molecule is Cc1cc(C)cc(-n2c(C)cn3c4c(=O)n(C)c(=O)n(C)c4nc23)c1. The minimum atomic E-state index is -0.382. The minimum absolute atomic E-state index is 0.344. The lowest BCUT2D eigenvalue weighted by molar-refractivity contribution is 0.708. The van der Waals surface area contributed by atoms with Gasteiger partial charge in [0.05, 0.1) is 0 Å². The van der Waals surface area contributed by atoms with Crippen LogP contribution in [-0.4, -0.2) is 23.1 Å². The highest BCUT2D eigenvalue weighted by Crippen LogP contribution is 2.22. The lowest BCUT2D eigenvalue weighted by Gasteiger charge is -2.08. The van der Waals surface area contributed by atoms with Crippen molar-refractivity contribution in [1.29, 1.82) is 0 Å². The van der Waals surface area contributed by atoms with Gasteiger partial charge in [-0.1, -0.05) is 6.07 Å². The number of imidazole rings is 2. The van der Waals surface area contributed by atoms with Crippen LogP contribution in [-0.2, 0) is 14.1 Å². The molecule has 0 saturated heterocycles. The first-order valence-electron chi connectivity index (χ1n) is 8.04. The van der Waals surface area contributed by atoms with Crippen molar-refractivity contribution in [3.63, 3.8) is 0 Å². The quantitative estimate of drug-likeness (QED) is 0.530. The van der Waals surface area contributed by atoms with E-state index in [1.165, 1.54) is 11.6 Å². The van der Waals surface area contributed by atoms with Crippen molar-refractivity contribution in [3.05, 3.63) is 62.1 Å². The average Bonchev–Trinajstić information content (AvgIpc) is 3.04. The number of hydrogen-bond donors (Lipinski definition) is 0. The zero-order chi connectivity index (χ0) is 18.0. The van der Waals surface area contributed by atoms with Crippen LogP contribution in [0.2, 0.25) is 0 Å². The Balaban J connectivity index is 2.20. The first-order valence-corrected chi connectivity index (χ1v) is 8.04. The van der Waals surface area contributed by atoms with E-state index in [0.29, 0.717) is 16.9 Å². The van der Waals surface area contributed by atoms with E-state index in [4.69, 9.17) is 0 Å². The second kappa shape index (κ2) is 4.95. The van der Waals surface area contributed by atoms with Crippen molar-refractivity contribution in [2.75, 3.05) is 0 Å². The van der Waals surface area contributed by atoms with Gasteiger partial charge in [-0.2, -0.15) is 4.98 Å². The van der Waals surface area contributed by atoms with Gasteiger partial charge in [0.1, 0.15) is 0 Å². The highest BCUT2D eigenvalue weighted by Gasteiger charge is 2.19. The fourth-order valence-electron chi connectivity index (χ4n) is 3.48. The van der Waals surface area contributed by atoms with E-state index in [1.54, 1.807) is 11.4 Å². The minimum Gasteiger partial charge on any atom is -0.283 e. The van der Waals surface area contributed by atoms with Crippen LogP contribution in [0, 0.1) is 20.8 Å². The van der Waals surface area contributed by atoms with Gasteiger partial charge in [0.25, 0.3) is 5.56 Å². The van der Waals surface area contributed by atoms with E-state index in [2.05, 4.69) is 23.2 Å². The molecule has 0 unspecified atom stereocenters. The molecule has 0 atom stereocenters. The molecule has 0 fully saturated rings. The smallest absolute Gasteiger partial charge is 0.283 e. The Bertz CT molecular complexity index is 1260. The Labute approximate surface area is 143 Å². The molecule has 0 aliphatic heterocycles. The molecule has 4 rings (SSSR count). The van der Waals surface area contributed by atoms with Gasteiger partial charge in [-0.25, -0.2) is 4.79 Å². The van der Waals surface area contributed by atoms with Gasteiger partial charge in [0, 0.05) is 31.7 Å². The molecular formula is C18H19N5O2. The van der Waals surface area contributed by atoms with Crippen LogP contribution in [0.25, 0.3) is 22.6 Å². The van der Waals surface area contributed by atoms with Crippen LogP contribution in [0.5, 0.6) is 0 Å². The van der Waals surface area contributed by atoms with Gasteiger partial charge in [-0.05, 0) is 44.0 Å². The third kappa shape index (κ3) is 2.02. The maximum absolute atomic E-state index is 12.6. The van der Waals surface area contributed by atoms with Crippen molar-refractivity contribution in [2.45, 2.75) is 20.8 Å². The molecule has 0 saturated carbocycles. The van der Waals surface area contributed by atoms with Gasteiger partial charge in [0.2, 0.25) is 5.78 Å². The maximum Gasteiger partial charge on any atom is 0.332 e. The third-order valence-electron chi connectivity index (χ3n) is 4.61. The van der Waals surface area contributed by atoms with E-state index in [-0.39, 0.29) is 11.2 Å². The number of hydrogen-bond acceptors (Lipinski definition) is 3. The van der Waals surface area contributed by atoms with Crippen molar-refractivity contribution in [3.8, 4) is 5.69 Å². The van der Waals surface area contributed by atoms with Crippen molar-refractivity contribution in [1.82, 2.24) is 23.1 Å². The summed E-state index contributed by atoms with van der Waals surface area (Å²) in [6.45, 7) is 6.08. The average molecular weight is 337 g/mol. The Morgan fingerprint density at radius 2 is 1.56 bits per heavy atom. The van der Waals surface area contributed by atoms with Crippen LogP contribution in [0.4, 0.5) is 0 Å². The van der Waals surface area contributed by atoms with Gasteiger partial charge in [-0.15, -0.1) is 0 Å². The second-order valence-corrected chi connectivity index (χ2v) is 6.61. The highest BCUT2D eigenvalue weighted by molar-refractivity contribution is 5.76. The molecule has 0 amide bonds. The summed E-state index contributed by atoms with van der Waals surface area (Å²) in [5, 5.41) is 0. The molecular weight excluding hydrogens is 318 g/mol. The monoisotopic (exact) mass is 337 g/mol. The predicted molar refractivity (Wildman–Crippen MR) is 96.7 cm³/mol. The number of nitrogens with zero attached hydrogens (tertiary/aromatic N) is 5. The fraction of sp³-hybridized carbons (Fsp3) is 0.278. The molecule has 0 N–H and O–H groups in total. The highest BCUT2D eigenvalue weighted by atomic mass is 16.2. The summed E-state index contributed by atoms with van der Waals surface area (Å²) in [7, 11) is 3.11. The topological polar surface area (TPSA) is 66.2 Å². The lowest BCUT2D eigenvalue weighted by Crippen LogP contribution is -2.37. The third-order valence-corrected chi connectivity index (χ3v) is 4.61. The van der Waals surface area contributed by atoms with Crippen LogP contribution >= 0.6 is 0 Å². The van der Waals surface area contributed by atoms with E-state index in [9.17, 15) is 9.59 Å². The first-order chi connectivity index (χ1) is 11.8. The number of fused-ring (bicyclic) bond motifs is 3. The first kappa shape index (κ1) is 15.4. The van der Waals surface area contributed by atoms with Crippen molar-refractivity contribution >= 4 is 16.9 Å². The van der Waals surface area contributed by atoms with Crippen molar-refractivity contribution in [2.24, 2.45) is 14.1 Å². The van der Waals surface area contributed by atoms with Crippen LogP contribution in [0.15, 0.2) is 34.0 Å². The summed E-state index contributed by atoms with van der Waals surface area (Å²) >= 11 is 0. The number of aryl methyl sites for hydroxylation is 4. The molecule has 0 aliphatic rings. The molecule has 7 nitrogen and oxygen atoms in total. The Morgan fingerprint density at radius 1 is 0.920 bits per heavy atom. The van der Waals surface area contributed by atoms with E-state index in [1.807, 2.05) is 31.5 Å². The van der Waals surface area contributed by atoms with Gasteiger partial charge in [-0.3, -0.25) is 22.9 Å². The molecule has 128 valence electrons. The van der Waals surface area contributed by atoms with Crippen LogP contribution in [0.3, 0.4) is 0 Å². The Morgan fingerprint density at radius 3 is 2.20 bits per heavy atom. The molecule has 0 spiro atoms.